The molecule has 1 fully saturated rings. The van der Waals surface area contributed by atoms with E-state index in [9.17, 15) is 4.79 Å². The number of amides is 1. The van der Waals surface area contributed by atoms with E-state index in [1.807, 2.05) is 35.2 Å². The first-order valence-corrected chi connectivity index (χ1v) is 8.94. The van der Waals surface area contributed by atoms with Crippen molar-refractivity contribution in [2.75, 3.05) is 20.2 Å². The lowest BCUT2D eigenvalue weighted by atomic mass is 9.99. The van der Waals surface area contributed by atoms with Gasteiger partial charge in [0.05, 0.1) is 12.0 Å². The van der Waals surface area contributed by atoms with Crippen molar-refractivity contribution in [3.8, 4) is 16.9 Å². The first-order chi connectivity index (χ1) is 11.1. The number of hydrogen-bond donors (Lipinski definition) is 0. The van der Waals surface area contributed by atoms with Gasteiger partial charge in [0.1, 0.15) is 5.75 Å². The Labute approximate surface area is 141 Å². The molecule has 1 amide bonds. The summed E-state index contributed by atoms with van der Waals surface area (Å²) in [5.41, 5.74) is 2.28. The molecule has 0 N–H and O–H groups in total. The van der Waals surface area contributed by atoms with Gasteiger partial charge in [0.2, 0.25) is 0 Å². The van der Waals surface area contributed by atoms with Crippen molar-refractivity contribution >= 4 is 17.2 Å². The van der Waals surface area contributed by atoms with E-state index < -0.39 is 0 Å². The van der Waals surface area contributed by atoms with Crippen molar-refractivity contribution in [1.29, 1.82) is 0 Å². The molecular weight excluding hydrogens is 306 g/mol. The highest BCUT2D eigenvalue weighted by atomic mass is 32.1. The summed E-state index contributed by atoms with van der Waals surface area (Å²) >= 11 is 1.60. The predicted octanol–water partition coefficient (Wildman–Crippen LogP) is 4.60. The lowest BCUT2D eigenvalue weighted by Crippen LogP contribution is -2.37. The van der Waals surface area contributed by atoms with Gasteiger partial charge in [-0.15, -0.1) is 11.3 Å². The molecule has 2 heterocycles. The summed E-state index contributed by atoms with van der Waals surface area (Å²) in [4.78, 5) is 16.8. The molecule has 2 aromatic rings. The molecule has 3 nitrogen and oxygen atoms in total. The third-order valence-electron chi connectivity index (χ3n) is 4.60. The zero-order valence-corrected chi connectivity index (χ0v) is 14.8. The Morgan fingerprint density at radius 3 is 2.48 bits per heavy atom. The highest BCUT2D eigenvalue weighted by molar-refractivity contribution is 7.14. The van der Waals surface area contributed by atoms with E-state index in [2.05, 4.69) is 13.8 Å². The minimum Gasteiger partial charge on any atom is -0.497 e. The van der Waals surface area contributed by atoms with Crippen LogP contribution in [0.1, 0.15) is 34.3 Å². The summed E-state index contributed by atoms with van der Waals surface area (Å²) in [5, 5.41) is 0. The van der Waals surface area contributed by atoms with E-state index in [1.165, 1.54) is 4.88 Å². The molecule has 1 saturated heterocycles. The maximum atomic E-state index is 12.7. The second-order valence-corrected chi connectivity index (χ2v) is 7.54. The number of carbonyl (C=O) groups excluding carboxylic acids is 1. The molecule has 1 aromatic heterocycles. The summed E-state index contributed by atoms with van der Waals surface area (Å²) in [6, 6.07) is 10.1. The molecule has 0 spiro atoms. The molecule has 0 aliphatic carbocycles. The number of nitrogens with zero attached hydrogens (tertiary/aromatic N) is 1. The molecule has 4 heteroatoms. The largest absolute Gasteiger partial charge is 0.497 e. The lowest BCUT2D eigenvalue weighted by molar-refractivity contribution is 0.0702. The van der Waals surface area contributed by atoms with Crippen LogP contribution in [-0.4, -0.2) is 31.0 Å². The number of hydrogen-bond acceptors (Lipinski definition) is 3. The highest BCUT2D eigenvalue weighted by Crippen LogP contribution is 2.33. The maximum absolute atomic E-state index is 12.7. The molecule has 1 aromatic carbocycles. The molecule has 0 radical (unpaired) electrons. The van der Waals surface area contributed by atoms with E-state index >= 15 is 0 Å². The minimum absolute atomic E-state index is 0.185. The number of likely N-dealkylation sites (tertiary alicyclic amines) is 1. The molecular formula is C19H23NO2S. The van der Waals surface area contributed by atoms with Crippen molar-refractivity contribution in [2.45, 2.75) is 26.7 Å². The van der Waals surface area contributed by atoms with Crippen molar-refractivity contribution in [3.63, 3.8) is 0 Å². The first kappa shape index (κ1) is 16.1. The molecule has 1 aliphatic heterocycles. The van der Waals surface area contributed by atoms with Crippen LogP contribution in [0.3, 0.4) is 0 Å². The van der Waals surface area contributed by atoms with Gasteiger partial charge in [-0.3, -0.25) is 4.79 Å². The monoisotopic (exact) mass is 329 g/mol. The average molecular weight is 329 g/mol. The Bertz CT molecular complexity index is 682. The SMILES string of the molecule is COc1ccc(-c2cc(C(=O)N3CCC(C)CC3)sc2C)cc1. The smallest absolute Gasteiger partial charge is 0.263 e. The van der Waals surface area contributed by atoms with E-state index in [0.29, 0.717) is 0 Å². The first-order valence-electron chi connectivity index (χ1n) is 8.12. The number of ether oxygens (including phenoxy) is 1. The average Bonchev–Trinajstić information content (AvgIpc) is 2.97. The number of rotatable bonds is 3. The van der Waals surface area contributed by atoms with Gasteiger partial charge in [-0.1, -0.05) is 19.1 Å². The van der Waals surface area contributed by atoms with Crippen molar-refractivity contribution in [3.05, 3.63) is 40.1 Å². The maximum Gasteiger partial charge on any atom is 0.263 e. The van der Waals surface area contributed by atoms with Gasteiger partial charge in [0.25, 0.3) is 5.91 Å². The Morgan fingerprint density at radius 1 is 1.22 bits per heavy atom. The van der Waals surface area contributed by atoms with Crippen LogP contribution in [0.25, 0.3) is 11.1 Å². The van der Waals surface area contributed by atoms with Crippen molar-refractivity contribution in [2.24, 2.45) is 5.92 Å². The molecule has 0 saturated carbocycles. The van der Waals surface area contributed by atoms with Crippen LogP contribution in [0.2, 0.25) is 0 Å². The Hall–Kier alpha value is -1.81. The predicted molar refractivity (Wildman–Crippen MR) is 95.3 cm³/mol. The molecule has 0 atom stereocenters. The van der Waals surface area contributed by atoms with E-state index in [-0.39, 0.29) is 5.91 Å². The summed E-state index contributed by atoms with van der Waals surface area (Å²) in [6.45, 7) is 6.11. The molecule has 1 aliphatic rings. The molecule has 0 bridgehead atoms. The summed E-state index contributed by atoms with van der Waals surface area (Å²) in [7, 11) is 1.67. The quantitative estimate of drug-likeness (QED) is 0.823. The standard InChI is InChI=1S/C19H23NO2S/c1-13-8-10-20(11-9-13)19(21)18-12-17(14(2)23-18)15-4-6-16(22-3)7-5-15/h4-7,12-13H,8-11H2,1-3H3. The van der Waals surface area contributed by atoms with Gasteiger partial charge in [0.15, 0.2) is 0 Å². The number of aryl methyl sites for hydroxylation is 1. The van der Waals surface area contributed by atoms with Gasteiger partial charge < -0.3 is 9.64 Å². The fraction of sp³-hybridized carbons (Fsp3) is 0.421. The van der Waals surface area contributed by atoms with Crippen LogP contribution < -0.4 is 4.74 Å². The Morgan fingerprint density at radius 2 is 1.87 bits per heavy atom. The van der Waals surface area contributed by atoms with E-state index in [0.717, 1.165) is 53.6 Å². The summed E-state index contributed by atoms with van der Waals surface area (Å²) < 4.78 is 5.21. The van der Waals surface area contributed by atoms with E-state index in [4.69, 9.17) is 4.74 Å². The van der Waals surface area contributed by atoms with Crippen LogP contribution in [0.15, 0.2) is 30.3 Å². The number of methoxy groups -OCH3 is 1. The summed E-state index contributed by atoms with van der Waals surface area (Å²) in [6.07, 6.45) is 2.23. The van der Waals surface area contributed by atoms with Crippen molar-refractivity contribution in [1.82, 2.24) is 4.90 Å². The second-order valence-electron chi connectivity index (χ2n) is 6.28. The lowest BCUT2D eigenvalue weighted by Gasteiger charge is -2.29. The topological polar surface area (TPSA) is 29.5 Å². The van der Waals surface area contributed by atoms with Gasteiger partial charge in [-0.2, -0.15) is 0 Å². The second kappa shape index (κ2) is 6.75. The zero-order valence-electron chi connectivity index (χ0n) is 14.0. The van der Waals surface area contributed by atoms with Crippen LogP contribution in [0.5, 0.6) is 5.75 Å². The van der Waals surface area contributed by atoms with Crippen molar-refractivity contribution < 1.29 is 9.53 Å². The third kappa shape index (κ3) is 3.42. The Balaban J connectivity index is 1.81. The zero-order chi connectivity index (χ0) is 16.4. The summed E-state index contributed by atoms with van der Waals surface area (Å²) in [5.74, 6) is 1.77. The van der Waals surface area contributed by atoms with Gasteiger partial charge in [-0.05, 0) is 55.0 Å². The Kier molecular flexibility index (Phi) is 4.71. The molecule has 122 valence electrons. The van der Waals surface area contributed by atoms with Crippen LogP contribution >= 0.6 is 11.3 Å². The number of thiophene rings is 1. The minimum atomic E-state index is 0.185. The van der Waals surface area contributed by atoms with Crippen LogP contribution in [0.4, 0.5) is 0 Å². The molecule has 23 heavy (non-hydrogen) atoms. The number of piperidine rings is 1. The van der Waals surface area contributed by atoms with Crippen LogP contribution in [0, 0.1) is 12.8 Å². The van der Waals surface area contributed by atoms with Gasteiger partial charge in [-0.25, -0.2) is 0 Å². The molecule has 3 rings (SSSR count). The fourth-order valence-electron chi connectivity index (χ4n) is 3.01. The van der Waals surface area contributed by atoms with Crippen LogP contribution in [-0.2, 0) is 0 Å². The number of benzene rings is 1. The molecule has 0 unspecified atom stereocenters. The van der Waals surface area contributed by atoms with Gasteiger partial charge >= 0.3 is 0 Å². The third-order valence-corrected chi connectivity index (χ3v) is 5.64. The number of carbonyl (C=O) groups is 1. The van der Waals surface area contributed by atoms with E-state index in [1.54, 1.807) is 18.4 Å². The normalized spacial score (nSPS) is 15.7. The fourth-order valence-corrected chi connectivity index (χ4v) is 4.02. The highest BCUT2D eigenvalue weighted by Gasteiger charge is 2.23. The van der Waals surface area contributed by atoms with Gasteiger partial charge in [0, 0.05) is 18.0 Å².